The number of aromatic nitrogens is 3. The molecule has 148 valence electrons. The van der Waals surface area contributed by atoms with Crippen LogP contribution in [0.3, 0.4) is 0 Å². The second-order valence-electron chi connectivity index (χ2n) is 5.44. The van der Waals surface area contributed by atoms with E-state index in [1.807, 2.05) is 6.92 Å². The van der Waals surface area contributed by atoms with Crippen LogP contribution in [-0.4, -0.2) is 73.1 Å². The molecule has 26 heavy (non-hydrogen) atoms. The van der Waals surface area contributed by atoms with Crippen LogP contribution in [0.1, 0.15) is 26.0 Å². The molecule has 0 bridgehead atoms. The normalized spacial score (nSPS) is 10.7. The Labute approximate surface area is 153 Å². The zero-order valence-electron chi connectivity index (χ0n) is 15.4. The van der Waals surface area contributed by atoms with Crippen LogP contribution in [0.4, 0.5) is 4.79 Å². The van der Waals surface area contributed by atoms with Crippen molar-refractivity contribution in [1.29, 1.82) is 0 Å². The quantitative estimate of drug-likeness (QED) is 0.444. The van der Waals surface area contributed by atoms with Gasteiger partial charge >= 0.3 is 6.09 Å². The van der Waals surface area contributed by atoms with Gasteiger partial charge < -0.3 is 24.3 Å². The molecular formula is C16H28N4O6. The van der Waals surface area contributed by atoms with Gasteiger partial charge in [0, 0.05) is 6.61 Å². The van der Waals surface area contributed by atoms with Gasteiger partial charge in [0.2, 0.25) is 0 Å². The Morgan fingerprint density at radius 1 is 1.08 bits per heavy atom. The van der Waals surface area contributed by atoms with Gasteiger partial charge in [-0.3, -0.25) is 4.79 Å². The molecule has 1 aromatic rings. The molecule has 10 nitrogen and oxygen atoms in total. The number of nitrogens with zero attached hydrogens (tertiary/aromatic N) is 3. The average molecular weight is 372 g/mol. The molecule has 0 fully saturated rings. The molecule has 0 radical (unpaired) electrons. The van der Waals surface area contributed by atoms with Crippen LogP contribution in [0.2, 0.25) is 0 Å². The molecule has 0 atom stereocenters. The summed E-state index contributed by atoms with van der Waals surface area (Å²) in [4.78, 5) is 22.2. The number of alkyl carbamates (subject to hydrolysis) is 1. The number of rotatable bonds is 15. The molecule has 1 N–H and O–H groups in total. The highest BCUT2D eigenvalue weighted by Gasteiger charge is 2.05. The second-order valence-corrected chi connectivity index (χ2v) is 5.44. The van der Waals surface area contributed by atoms with Crippen molar-refractivity contribution in [3.05, 3.63) is 11.9 Å². The minimum Gasteiger partial charge on any atom is -0.447 e. The number of ketones is 1. The van der Waals surface area contributed by atoms with E-state index >= 15 is 0 Å². The molecule has 0 spiro atoms. The molecule has 0 aliphatic heterocycles. The van der Waals surface area contributed by atoms with E-state index in [0.717, 1.165) is 6.42 Å². The standard InChI is InChI=1S/C16H28N4O6/c1-3-5-23-9-10-26-16(22)17-11-15-12-20(19-18-15)4-6-24-7-8-25-13-14(2)21/h12H,3-11,13H2,1-2H3,(H,17,22). The smallest absolute Gasteiger partial charge is 0.407 e. The minimum absolute atomic E-state index is 0.0116. The number of nitrogens with one attached hydrogen (secondary N) is 1. The summed E-state index contributed by atoms with van der Waals surface area (Å²) >= 11 is 0. The average Bonchev–Trinajstić information content (AvgIpc) is 3.06. The van der Waals surface area contributed by atoms with E-state index in [2.05, 4.69) is 15.6 Å². The first kappa shape index (κ1) is 22.0. The van der Waals surface area contributed by atoms with Gasteiger partial charge in [0.05, 0.1) is 45.7 Å². The van der Waals surface area contributed by atoms with E-state index in [-0.39, 0.29) is 25.5 Å². The topological polar surface area (TPSA) is 114 Å². The molecule has 1 heterocycles. The summed E-state index contributed by atoms with van der Waals surface area (Å²) in [6.45, 7) is 6.83. The lowest BCUT2D eigenvalue weighted by molar-refractivity contribution is -0.121. The van der Waals surface area contributed by atoms with Gasteiger partial charge in [-0.25, -0.2) is 9.48 Å². The van der Waals surface area contributed by atoms with Gasteiger partial charge in [0.15, 0.2) is 5.78 Å². The Hall–Kier alpha value is -2.04. The maximum absolute atomic E-state index is 11.5. The van der Waals surface area contributed by atoms with Crippen LogP contribution in [0.25, 0.3) is 0 Å². The highest BCUT2D eigenvalue weighted by Crippen LogP contribution is 1.94. The number of Topliss-reactive ketones (excluding diaryl/α,β-unsaturated/α-hetero) is 1. The Kier molecular flexibility index (Phi) is 12.0. The number of ether oxygens (including phenoxy) is 4. The molecule has 0 unspecified atom stereocenters. The van der Waals surface area contributed by atoms with Crippen molar-refractivity contribution in [2.75, 3.05) is 46.2 Å². The summed E-state index contributed by atoms with van der Waals surface area (Å²) < 4.78 is 22.3. The molecule has 0 aliphatic carbocycles. The highest BCUT2D eigenvalue weighted by molar-refractivity contribution is 5.76. The molecule has 10 heteroatoms. The zero-order chi connectivity index (χ0) is 19.0. The molecule has 1 amide bonds. The lowest BCUT2D eigenvalue weighted by Crippen LogP contribution is -2.25. The number of amides is 1. The molecule has 0 saturated heterocycles. The van der Waals surface area contributed by atoms with Crippen LogP contribution in [0, 0.1) is 0 Å². The van der Waals surface area contributed by atoms with Crippen molar-refractivity contribution < 1.29 is 28.5 Å². The third kappa shape index (κ3) is 11.5. The molecule has 0 aromatic carbocycles. The third-order valence-corrected chi connectivity index (χ3v) is 2.95. The first-order chi connectivity index (χ1) is 12.6. The minimum atomic E-state index is -0.520. The Balaban J connectivity index is 2.05. The molecule has 0 aliphatic rings. The fourth-order valence-electron chi connectivity index (χ4n) is 1.78. The first-order valence-electron chi connectivity index (χ1n) is 8.64. The number of carbonyl (C=O) groups excluding carboxylic acids is 2. The molecule has 1 aromatic heterocycles. The predicted octanol–water partition coefficient (Wildman–Crippen LogP) is 0.553. The number of hydrogen-bond acceptors (Lipinski definition) is 8. The Bertz CT molecular complexity index is 523. The number of carbonyl (C=O) groups is 2. The van der Waals surface area contributed by atoms with Crippen molar-refractivity contribution in [3.8, 4) is 0 Å². The Morgan fingerprint density at radius 3 is 2.58 bits per heavy atom. The van der Waals surface area contributed by atoms with Crippen LogP contribution in [-0.2, 0) is 36.8 Å². The monoisotopic (exact) mass is 372 g/mol. The summed E-state index contributed by atoms with van der Waals surface area (Å²) in [5.74, 6) is -0.0116. The summed E-state index contributed by atoms with van der Waals surface area (Å²) in [6.07, 6.45) is 2.13. The van der Waals surface area contributed by atoms with Crippen LogP contribution in [0.15, 0.2) is 6.20 Å². The van der Waals surface area contributed by atoms with Crippen LogP contribution in [0.5, 0.6) is 0 Å². The van der Waals surface area contributed by atoms with Gasteiger partial charge in [-0.2, -0.15) is 0 Å². The summed E-state index contributed by atoms with van der Waals surface area (Å²) in [6, 6.07) is 0. The summed E-state index contributed by atoms with van der Waals surface area (Å²) in [5.41, 5.74) is 0.619. The predicted molar refractivity (Wildman–Crippen MR) is 91.6 cm³/mol. The summed E-state index contributed by atoms with van der Waals surface area (Å²) in [5, 5.41) is 10.5. The van der Waals surface area contributed by atoms with E-state index in [9.17, 15) is 9.59 Å². The molecular weight excluding hydrogens is 344 g/mol. The van der Waals surface area contributed by atoms with Gasteiger partial charge in [-0.1, -0.05) is 12.1 Å². The second kappa shape index (κ2) is 14.2. The number of hydrogen-bond donors (Lipinski definition) is 1. The van der Waals surface area contributed by atoms with Crippen LogP contribution < -0.4 is 5.32 Å². The van der Waals surface area contributed by atoms with Gasteiger partial charge in [0.25, 0.3) is 0 Å². The van der Waals surface area contributed by atoms with Gasteiger partial charge in [0.1, 0.15) is 18.9 Å². The molecule has 0 saturated carbocycles. The maximum Gasteiger partial charge on any atom is 0.407 e. The first-order valence-corrected chi connectivity index (χ1v) is 8.64. The van der Waals surface area contributed by atoms with E-state index in [1.165, 1.54) is 6.92 Å². The van der Waals surface area contributed by atoms with Gasteiger partial charge in [-0.15, -0.1) is 5.10 Å². The van der Waals surface area contributed by atoms with Gasteiger partial charge in [-0.05, 0) is 13.3 Å². The van der Waals surface area contributed by atoms with Crippen molar-refractivity contribution in [1.82, 2.24) is 20.3 Å². The fraction of sp³-hybridized carbons (Fsp3) is 0.750. The SMILES string of the molecule is CCCOCCOC(=O)NCc1cn(CCOCCOCC(C)=O)nn1. The van der Waals surface area contributed by atoms with E-state index < -0.39 is 6.09 Å². The van der Waals surface area contributed by atoms with E-state index in [0.29, 0.717) is 45.3 Å². The molecule has 1 rings (SSSR count). The van der Waals surface area contributed by atoms with Crippen molar-refractivity contribution in [2.45, 2.75) is 33.4 Å². The third-order valence-electron chi connectivity index (χ3n) is 2.95. The van der Waals surface area contributed by atoms with E-state index in [1.54, 1.807) is 10.9 Å². The fourth-order valence-corrected chi connectivity index (χ4v) is 1.78. The maximum atomic E-state index is 11.5. The van der Waals surface area contributed by atoms with Crippen molar-refractivity contribution in [2.24, 2.45) is 0 Å². The van der Waals surface area contributed by atoms with Crippen molar-refractivity contribution >= 4 is 11.9 Å². The highest BCUT2D eigenvalue weighted by atomic mass is 16.6. The van der Waals surface area contributed by atoms with E-state index in [4.69, 9.17) is 18.9 Å². The largest absolute Gasteiger partial charge is 0.447 e. The van der Waals surface area contributed by atoms with Crippen LogP contribution >= 0.6 is 0 Å². The zero-order valence-corrected chi connectivity index (χ0v) is 15.4. The van der Waals surface area contributed by atoms with Crippen molar-refractivity contribution in [3.63, 3.8) is 0 Å². The Morgan fingerprint density at radius 2 is 1.81 bits per heavy atom. The summed E-state index contributed by atoms with van der Waals surface area (Å²) in [7, 11) is 0. The lowest BCUT2D eigenvalue weighted by Gasteiger charge is -2.06. The lowest BCUT2D eigenvalue weighted by atomic mass is 10.5.